The summed E-state index contributed by atoms with van der Waals surface area (Å²) in [5.41, 5.74) is 0.400. The van der Waals surface area contributed by atoms with E-state index >= 15 is 0 Å². The number of carbonyl (C=O) groups is 4. The monoisotopic (exact) mass is 533 g/mol. The zero-order valence-electron chi connectivity index (χ0n) is 20.1. The van der Waals surface area contributed by atoms with Crippen LogP contribution >= 0.6 is 0 Å². The van der Waals surface area contributed by atoms with Gasteiger partial charge in [0, 0.05) is 48.5 Å². The van der Waals surface area contributed by atoms with Gasteiger partial charge in [0.15, 0.2) is 12.4 Å². The summed E-state index contributed by atoms with van der Waals surface area (Å²) < 4.78 is 10.3. The molecule has 13 nitrogen and oxygen atoms in total. The van der Waals surface area contributed by atoms with E-state index in [0.717, 1.165) is 0 Å². The van der Waals surface area contributed by atoms with Crippen molar-refractivity contribution in [1.82, 2.24) is 0 Å². The van der Waals surface area contributed by atoms with Crippen LogP contribution in [0.2, 0.25) is 0 Å². The fourth-order valence-corrected chi connectivity index (χ4v) is 3.80. The lowest BCUT2D eigenvalue weighted by Gasteiger charge is -2.16. The smallest absolute Gasteiger partial charge is 0.343 e. The molecule has 1 aliphatic heterocycles. The third-order valence-electron chi connectivity index (χ3n) is 5.88. The molecule has 3 aromatic carbocycles. The van der Waals surface area contributed by atoms with Crippen LogP contribution in [0.15, 0.2) is 72.8 Å². The van der Waals surface area contributed by atoms with E-state index in [1.807, 2.05) is 0 Å². The summed E-state index contributed by atoms with van der Waals surface area (Å²) >= 11 is 0. The SMILES string of the molecule is O=C(COC(=O)[C@@H]1CC(=O)N(c2ccc([N+](=O)[O-])cc2)C1)c1ccc(OC(=O)c2ccc([N+](=O)[O-])cc2)cc1. The molecule has 1 fully saturated rings. The molecule has 1 heterocycles. The molecule has 3 aromatic rings. The van der Waals surface area contributed by atoms with Gasteiger partial charge in [0.1, 0.15) is 5.75 Å². The Bertz CT molecular complexity index is 1450. The van der Waals surface area contributed by atoms with E-state index in [9.17, 15) is 39.4 Å². The third-order valence-corrected chi connectivity index (χ3v) is 5.88. The number of nitro groups is 2. The number of hydrogen-bond acceptors (Lipinski definition) is 10. The average molecular weight is 533 g/mol. The molecule has 1 saturated heterocycles. The topological polar surface area (TPSA) is 176 Å². The van der Waals surface area contributed by atoms with Gasteiger partial charge in [0.2, 0.25) is 5.91 Å². The van der Waals surface area contributed by atoms with Crippen molar-refractivity contribution < 1.29 is 38.5 Å². The third kappa shape index (κ3) is 6.28. The average Bonchev–Trinajstić information content (AvgIpc) is 3.33. The Morgan fingerprint density at radius 1 is 0.821 bits per heavy atom. The number of anilines is 1. The first kappa shape index (κ1) is 26.6. The van der Waals surface area contributed by atoms with Crippen molar-refractivity contribution in [1.29, 1.82) is 0 Å². The number of Topliss-reactive ketones (excluding diaryl/α,β-unsaturated/α-hetero) is 1. The number of non-ortho nitro benzene ring substituents is 2. The number of ether oxygens (including phenoxy) is 2. The molecule has 4 rings (SSSR count). The van der Waals surface area contributed by atoms with Crippen LogP contribution in [0.4, 0.5) is 17.1 Å². The van der Waals surface area contributed by atoms with Gasteiger partial charge in [-0.2, -0.15) is 0 Å². The van der Waals surface area contributed by atoms with Crippen molar-refractivity contribution in [3.8, 4) is 5.75 Å². The highest BCUT2D eigenvalue weighted by molar-refractivity contribution is 6.01. The van der Waals surface area contributed by atoms with Crippen molar-refractivity contribution in [2.24, 2.45) is 5.92 Å². The Morgan fingerprint density at radius 3 is 1.92 bits per heavy atom. The number of carbonyl (C=O) groups excluding carboxylic acids is 4. The number of nitrogens with zero attached hydrogens (tertiary/aromatic N) is 3. The maximum absolute atomic E-state index is 12.5. The van der Waals surface area contributed by atoms with E-state index in [1.165, 1.54) is 77.7 Å². The summed E-state index contributed by atoms with van der Waals surface area (Å²) in [5, 5.41) is 21.5. The van der Waals surface area contributed by atoms with Gasteiger partial charge in [0.05, 0.1) is 21.3 Å². The maximum Gasteiger partial charge on any atom is 0.343 e. The summed E-state index contributed by atoms with van der Waals surface area (Å²) in [6.45, 7) is -0.554. The predicted molar refractivity (Wildman–Crippen MR) is 133 cm³/mol. The first-order valence-electron chi connectivity index (χ1n) is 11.4. The first-order chi connectivity index (χ1) is 18.6. The summed E-state index contributed by atoms with van der Waals surface area (Å²) in [6, 6.07) is 15.7. The van der Waals surface area contributed by atoms with Crippen LogP contribution in [0.5, 0.6) is 5.75 Å². The van der Waals surface area contributed by atoms with E-state index in [4.69, 9.17) is 9.47 Å². The van der Waals surface area contributed by atoms with Crippen LogP contribution in [-0.2, 0) is 14.3 Å². The van der Waals surface area contributed by atoms with Gasteiger partial charge in [0.25, 0.3) is 11.4 Å². The number of rotatable bonds is 9. The van der Waals surface area contributed by atoms with Crippen molar-refractivity contribution in [3.63, 3.8) is 0 Å². The number of hydrogen-bond donors (Lipinski definition) is 0. The number of ketones is 1. The second-order valence-corrected chi connectivity index (χ2v) is 8.43. The number of amides is 1. The minimum Gasteiger partial charge on any atom is -0.457 e. The zero-order chi connectivity index (χ0) is 28.1. The molecule has 198 valence electrons. The Kier molecular flexibility index (Phi) is 7.70. The van der Waals surface area contributed by atoms with E-state index in [2.05, 4.69) is 0 Å². The van der Waals surface area contributed by atoms with Crippen molar-refractivity contribution in [3.05, 3.63) is 104 Å². The highest BCUT2D eigenvalue weighted by Gasteiger charge is 2.36. The molecule has 39 heavy (non-hydrogen) atoms. The molecule has 0 aromatic heterocycles. The fraction of sp³-hybridized carbons (Fsp3) is 0.154. The molecule has 1 amide bonds. The first-order valence-corrected chi connectivity index (χ1v) is 11.4. The molecule has 0 spiro atoms. The Labute approximate surface area is 219 Å². The Balaban J connectivity index is 1.28. The van der Waals surface area contributed by atoms with Crippen LogP contribution in [0.25, 0.3) is 0 Å². The molecule has 0 radical (unpaired) electrons. The molecule has 13 heteroatoms. The minimum atomic E-state index is -0.804. The molecule has 0 unspecified atom stereocenters. The van der Waals surface area contributed by atoms with Crippen LogP contribution in [0, 0.1) is 26.1 Å². The van der Waals surface area contributed by atoms with Crippen molar-refractivity contribution in [2.75, 3.05) is 18.1 Å². The van der Waals surface area contributed by atoms with E-state index in [-0.39, 0.29) is 47.1 Å². The van der Waals surface area contributed by atoms with Gasteiger partial charge in [-0.25, -0.2) is 4.79 Å². The maximum atomic E-state index is 12.5. The van der Waals surface area contributed by atoms with E-state index in [0.29, 0.717) is 5.69 Å². The predicted octanol–water partition coefficient (Wildman–Crippen LogP) is 3.50. The van der Waals surface area contributed by atoms with E-state index in [1.54, 1.807) is 0 Å². The quantitative estimate of drug-likeness (QED) is 0.130. The van der Waals surface area contributed by atoms with Gasteiger partial charge in [-0.05, 0) is 48.5 Å². The molecule has 0 N–H and O–H groups in total. The molecule has 1 atom stereocenters. The molecular formula is C26H19N3O10. The number of nitro benzene ring substituents is 2. The summed E-state index contributed by atoms with van der Waals surface area (Å²) in [4.78, 5) is 71.2. The summed E-state index contributed by atoms with van der Waals surface area (Å²) in [6.07, 6.45) is -0.126. The summed E-state index contributed by atoms with van der Waals surface area (Å²) in [5.74, 6) is -3.02. The van der Waals surface area contributed by atoms with E-state index < -0.39 is 40.1 Å². The normalized spacial score (nSPS) is 14.5. The second kappa shape index (κ2) is 11.3. The number of benzene rings is 3. The molecule has 1 aliphatic rings. The van der Waals surface area contributed by atoms with Crippen LogP contribution < -0.4 is 9.64 Å². The molecule has 0 aliphatic carbocycles. The van der Waals surface area contributed by atoms with Crippen LogP contribution in [-0.4, -0.2) is 46.6 Å². The van der Waals surface area contributed by atoms with Crippen molar-refractivity contribution in [2.45, 2.75) is 6.42 Å². The minimum absolute atomic E-state index is 0.0124. The highest BCUT2D eigenvalue weighted by atomic mass is 16.6. The van der Waals surface area contributed by atoms with Gasteiger partial charge < -0.3 is 14.4 Å². The molecular weight excluding hydrogens is 514 g/mol. The lowest BCUT2D eigenvalue weighted by molar-refractivity contribution is -0.385. The van der Waals surface area contributed by atoms with Crippen LogP contribution in [0.1, 0.15) is 27.1 Å². The lowest BCUT2D eigenvalue weighted by atomic mass is 10.1. The van der Waals surface area contributed by atoms with Crippen molar-refractivity contribution >= 4 is 40.7 Å². The lowest BCUT2D eigenvalue weighted by Crippen LogP contribution is -2.27. The largest absolute Gasteiger partial charge is 0.457 e. The van der Waals surface area contributed by atoms with Gasteiger partial charge >= 0.3 is 11.9 Å². The van der Waals surface area contributed by atoms with Gasteiger partial charge in [-0.3, -0.25) is 34.6 Å². The summed E-state index contributed by atoms with van der Waals surface area (Å²) in [7, 11) is 0. The Morgan fingerprint density at radius 2 is 1.36 bits per heavy atom. The molecule has 0 saturated carbocycles. The second-order valence-electron chi connectivity index (χ2n) is 8.43. The Hall–Kier alpha value is -5.46. The van der Waals surface area contributed by atoms with Gasteiger partial charge in [-0.15, -0.1) is 0 Å². The highest BCUT2D eigenvalue weighted by Crippen LogP contribution is 2.27. The van der Waals surface area contributed by atoms with Gasteiger partial charge in [-0.1, -0.05) is 0 Å². The molecule has 0 bridgehead atoms. The standard InChI is InChI=1S/C26H19N3O10/c30-23(16-3-11-22(12-4-16)39-26(33)17-1-5-20(6-2-17)28(34)35)15-38-25(32)18-13-24(31)27(14-18)19-7-9-21(10-8-19)29(36)37/h1-12,18H,13-15H2/t18-/m1/s1. The fourth-order valence-electron chi connectivity index (χ4n) is 3.80. The number of esters is 2. The van der Waals surface area contributed by atoms with Crippen LogP contribution in [0.3, 0.4) is 0 Å². The zero-order valence-corrected chi connectivity index (χ0v) is 20.1.